The average Bonchev–Trinajstić information content (AvgIpc) is 2.87. The van der Waals surface area contributed by atoms with Gasteiger partial charge in [0.2, 0.25) is 0 Å². The molecule has 0 aliphatic carbocycles. The van der Waals surface area contributed by atoms with E-state index in [0.717, 1.165) is 6.42 Å². The first-order chi connectivity index (χ1) is 9.58. The van der Waals surface area contributed by atoms with Gasteiger partial charge < -0.3 is 10.0 Å². The molecule has 1 aliphatic heterocycles. The molecule has 1 unspecified atom stereocenters. The van der Waals surface area contributed by atoms with Gasteiger partial charge in [-0.2, -0.15) is 0 Å². The highest BCUT2D eigenvalue weighted by Gasteiger charge is 2.30. The van der Waals surface area contributed by atoms with E-state index in [9.17, 15) is 9.90 Å². The van der Waals surface area contributed by atoms with E-state index in [-0.39, 0.29) is 17.7 Å². The number of phenols is 1. The number of hydrogen-bond acceptors (Lipinski definition) is 3. The Morgan fingerprint density at radius 3 is 3.00 bits per heavy atom. The number of amides is 1. The summed E-state index contributed by atoms with van der Waals surface area (Å²) in [6.45, 7) is 2.70. The summed E-state index contributed by atoms with van der Waals surface area (Å²) in [5.41, 5.74) is 1.52. The van der Waals surface area contributed by atoms with E-state index in [4.69, 9.17) is 11.6 Å². The van der Waals surface area contributed by atoms with E-state index in [1.807, 2.05) is 6.92 Å². The second-order valence-electron chi connectivity index (χ2n) is 4.89. The molecule has 1 aliphatic rings. The summed E-state index contributed by atoms with van der Waals surface area (Å²) in [5.74, 6) is -0.214. The largest absolute Gasteiger partial charge is 0.507 e. The first-order valence-electron chi connectivity index (χ1n) is 6.43. The Bertz CT molecular complexity index is 668. The summed E-state index contributed by atoms with van der Waals surface area (Å²) in [7, 11) is 0. The molecular weight excluding hydrogens is 294 g/mol. The van der Waals surface area contributed by atoms with Crippen LogP contribution in [0.15, 0.2) is 29.6 Å². The molecule has 20 heavy (non-hydrogen) atoms. The van der Waals surface area contributed by atoms with Gasteiger partial charge in [-0.3, -0.25) is 4.79 Å². The molecule has 0 fully saturated rings. The van der Waals surface area contributed by atoms with Gasteiger partial charge in [-0.1, -0.05) is 11.6 Å². The van der Waals surface area contributed by atoms with Crippen LogP contribution >= 0.6 is 22.9 Å². The maximum atomic E-state index is 12.6. The van der Waals surface area contributed by atoms with E-state index in [0.29, 0.717) is 17.1 Å². The zero-order valence-corrected chi connectivity index (χ0v) is 12.5. The predicted octanol–water partition coefficient (Wildman–Crippen LogP) is 3.87. The van der Waals surface area contributed by atoms with Crippen LogP contribution < -0.4 is 0 Å². The normalized spacial score (nSPS) is 17.9. The zero-order chi connectivity index (χ0) is 14.3. The van der Waals surface area contributed by atoms with Crippen molar-refractivity contribution in [3.63, 3.8) is 0 Å². The number of carbonyl (C=O) groups is 1. The lowest BCUT2D eigenvalue weighted by Crippen LogP contribution is -2.38. The van der Waals surface area contributed by atoms with Gasteiger partial charge >= 0.3 is 0 Å². The Kier molecular flexibility index (Phi) is 3.44. The molecule has 1 amide bonds. The van der Waals surface area contributed by atoms with Gasteiger partial charge in [-0.25, -0.2) is 0 Å². The van der Waals surface area contributed by atoms with E-state index >= 15 is 0 Å². The monoisotopic (exact) mass is 307 g/mol. The molecule has 104 valence electrons. The van der Waals surface area contributed by atoms with Gasteiger partial charge in [0.1, 0.15) is 5.75 Å². The summed E-state index contributed by atoms with van der Waals surface area (Å²) < 4.78 is 0. The topological polar surface area (TPSA) is 40.5 Å². The molecule has 2 heterocycles. The molecule has 1 aromatic carbocycles. The smallest absolute Gasteiger partial charge is 0.258 e. The summed E-state index contributed by atoms with van der Waals surface area (Å²) in [6.07, 6.45) is 0.872. The minimum atomic E-state index is -0.150. The summed E-state index contributed by atoms with van der Waals surface area (Å²) in [5, 5.41) is 12.4. The maximum Gasteiger partial charge on any atom is 0.258 e. The van der Waals surface area contributed by atoms with Crippen LogP contribution in [0, 0.1) is 0 Å². The standard InChI is InChI=1S/C15H14ClNO2S/c1-9-11-5-7-20-14(11)4-6-17(9)15(19)12-3-2-10(16)8-13(12)18/h2-3,5,7-9,18H,4,6H2,1H3. The Hall–Kier alpha value is -1.52. The van der Waals surface area contributed by atoms with Crippen LogP contribution in [-0.4, -0.2) is 22.5 Å². The number of benzene rings is 1. The lowest BCUT2D eigenvalue weighted by Gasteiger charge is -2.33. The van der Waals surface area contributed by atoms with Gasteiger partial charge in [-0.05, 0) is 48.6 Å². The molecule has 0 saturated carbocycles. The van der Waals surface area contributed by atoms with Gasteiger partial charge in [0.15, 0.2) is 0 Å². The van der Waals surface area contributed by atoms with E-state index < -0.39 is 0 Å². The first kappa shape index (κ1) is 13.5. The number of nitrogens with zero attached hydrogens (tertiary/aromatic N) is 1. The Morgan fingerprint density at radius 2 is 2.25 bits per heavy atom. The number of thiophene rings is 1. The van der Waals surface area contributed by atoms with Crippen LogP contribution in [-0.2, 0) is 6.42 Å². The maximum absolute atomic E-state index is 12.6. The molecule has 0 spiro atoms. The Balaban J connectivity index is 1.92. The predicted molar refractivity (Wildman–Crippen MR) is 80.6 cm³/mol. The number of phenolic OH excluding ortho intramolecular Hbond substituents is 1. The number of aromatic hydroxyl groups is 1. The number of fused-ring (bicyclic) bond motifs is 1. The third kappa shape index (κ3) is 2.19. The molecule has 2 aromatic rings. The van der Waals surface area contributed by atoms with Crippen LogP contribution in [0.2, 0.25) is 5.02 Å². The highest BCUT2D eigenvalue weighted by atomic mass is 35.5. The molecule has 1 N–H and O–H groups in total. The second kappa shape index (κ2) is 5.11. The zero-order valence-electron chi connectivity index (χ0n) is 11.0. The first-order valence-corrected chi connectivity index (χ1v) is 7.69. The van der Waals surface area contributed by atoms with E-state index in [2.05, 4.69) is 11.4 Å². The highest BCUT2D eigenvalue weighted by Crippen LogP contribution is 2.34. The van der Waals surface area contributed by atoms with Crippen molar-refractivity contribution in [1.82, 2.24) is 4.90 Å². The fraction of sp³-hybridized carbons (Fsp3) is 0.267. The fourth-order valence-corrected chi connectivity index (χ4v) is 3.76. The molecule has 1 aromatic heterocycles. The van der Waals surface area contributed by atoms with Crippen molar-refractivity contribution >= 4 is 28.8 Å². The molecular formula is C15H14ClNO2S. The molecule has 0 bridgehead atoms. The van der Waals surface area contributed by atoms with Gasteiger partial charge in [0, 0.05) is 16.4 Å². The van der Waals surface area contributed by atoms with Crippen molar-refractivity contribution in [3.8, 4) is 5.75 Å². The van der Waals surface area contributed by atoms with E-state index in [1.165, 1.54) is 16.5 Å². The van der Waals surface area contributed by atoms with Crippen LogP contribution in [0.5, 0.6) is 5.75 Å². The van der Waals surface area contributed by atoms with Gasteiger partial charge in [-0.15, -0.1) is 11.3 Å². The van der Waals surface area contributed by atoms with Gasteiger partial charge in [0.25, 0.3) is 5.91 Å². The number of halogens is 1. The molecule has 5 heteroatoms. The lowest BCUT2D eigenvalue weighted by atomic mass is 10.00. The molecule has 0 saturated heterocycles. The van der Waals surface area contributed by atoms with Crippen molar-refractivity contribution in [2.45, 2.75) is 19.4 Å². The van der Waals surface area contributed by atoms with Crippen LogP contribution in [0.3, 0.4) is 0 Å². The molecule has 1 atom stereocenters. The summed E-state index contributed by atoms with van der Waals surface area (Å²) >= 11 is 7.54. The minimum Gasteiger partial charge on any atom is -0.507 e. The summed E-state index contributed by atoms with van der Waals surface area (Å²) in [6, 6.07) is 6.72. The molecule has 3 rings (SSSR count). The van der Waals surface area contributed by atoms with Crippen LogP contribution in [0.1, 0.15) is 33.8 Å². The highest BCUT2D eigenvalue weighted by molar-refractivity contribution is 7.10. The van der Waals surface area contributed by atoms with Gasteiger partial charge in [0.05, 0.1) is 11.6 Å². The second-order valence-corrected chi connectivity index (χ2v) is 6.32. The Morgan fingerprint density at radius 1 is 1.45 bits per heavy atom. The minimum absolute atomic E-state index is 0.0348. The molecule has 0 radical (unpaired) electrons. The fourth-order valence-electron chi connectivity index (χ4n) is 2.63. The van der Waals surface area contributed by atoms with Crippen LogP contribution in [0.25, 0.3) is 0 Å². The third-order valence-corrected chi connectivity index (χ3v) is 4.96. The number of carbonyl (C=O) groups excluding carboxylic acids is 1. The van der Waals surface area contributed by atoms with Crippen molar-refractivity contribution in [3.05, 3.63) is 50.7 Å². The van der Waals surface area contributed by atoms with Crippen molar-refractivity contribution in [2.24, 2.45) is 0 Å². The average molecular weight is 308 g/mol. The SMILES string of the molecule is CC1c2ccsc2CCN1C(=O)c1ccc(Cl)cc1O. The Labute approximate surface area is 126 Å². The van der Waals surface area contributed by atoms with Crippen molar-refractivity contribution in [1.29, 1.82) is 0 Å². The number of rotatable bonds is 1. The molecule has 3 nitrogen and oxygen atoms in total. The van der Waals surface area contributed by atoms with E-state index in [1.54, 1.807) is 28.4 Å². The van der Waals surface area contributed by atoms with Crippen molar-refractivity contribution in [2.75, 3.05) is 6.54 Å². The van der Waals surface area contributed by atoms with Crippen LogP contribution in [0.4, 0.5) is 0 Å². The summed E-state index contributed by atoms with van der Waals surface area (Å²) in [4.78, 5) is 15.8. The quantitative estimate of drug-likeness (QED) is 0.869. The number of hydrogen-bond donors (Lipinski definition) is 1. The van der Waals surface area contributed by atoms with Crippen molar-refractivity contribution < 1.29 is 9.90 Å². The lowest BCUT2D eigenvalue weighted by molar-refractivity contribution is 0.0676. The third-order valence-electron chi connectivity index (χ3n) is 3.73.